The summed E-state index contributed by atoms with van der Waals surface area (Å²) in [6.07, 6.45) is 3.67. The van der Waals surface area contributed by atoms with Crippen LogP contribution >= 0.6 is 0 Å². The normalized spacial score (nSPS) is 10.8. The molecular formula is C17H16N2O2. The van der Waals surface area contributed by atoms with Crippen molar-refractivity contribution in [2.24, 2.45) is 0 Å². The number of pyridine rings is 1. The summed E-state index contributed by atoms with van der Waals surface area (Å²) in [7, 11) is 0. The minimum Gasteiger partial charge on any atom is -0.462 e. The first-order chi connectivity index (χ1) is 10.2. The van der Waals surface area contributed by atoms with E-state index in [1.165, 1.54) is 0 Å². The third kappa shape index (κ3) is 2.29. The minimum atomic E-state index is -0.285. The lowest BCUT2D eigenvalue weighted by Crippen LogP contribution is -2.06. The predicted octanol–water partition coefficient (Wildman–Crippen LogP) is 3.51. The van der Waals surface area contributed by atoms with Crippen molar-refractivity contribution in [1.29, 1.82) is 0 Å². The van der Waals surface area contributed by atoms with E-state index >= 15 is 0 Å². The van der Waals surface area contributed by atoms with Gasteiger partial charge in [-0.1, -0.05) is 18.2 Å². The van der Waals surface area contributed by atoms with Gasteiger partial charge in [-0.2, -0.15) is 0 Å². The van der Waals surface area contributed by atoms with Crippen molar-refractivity contribution in [1.82, 2.24) is 9.55 Å². The second-order valence-corrected chi connectivity index (χ2v) is 4.75. The van der Waals surface area contributed by atoms with Crippen LogP contribution in [0.5, 0.6) is 0 Å². The largest absolute Gasteiger partial charge is 0.462 e. The van der Waals surface area contributed by atoms with Crippen LogP contribution in [0.15, 0.2) is 48.8 Å². The number of aromatic nitrogens is 2. The van der Waals surface area contributed by atoms with E-state index in [-0.39, 0.29) is 5.97 Å². The molecule has 2 heterocycles. The van der Waals surface area contributed by atoms with Gasteiger partial charge in [0.25, 0.3) is 0 Å². The molecule has 0 amide bonds. The van der Waals surface area contributed by atoms with Crippen LogP contribution in [0.2, 0.25) is 0 Å². The van der Waals surface area contributed by atoms with Gasteiger partial charge in [-0.15, -0.1) is 0 Å². The number of hydrogen-bond donors (Lipinski definition) is 0. The van der Waals surface area contributed by atoms with Crippen LogP contribution < -0.4 is 0 Å². The van der Waals surface area contributed by atoms with Gasteiger partial charge in [-0.3, -0.25) is 4.98 Å². The summed E-state index contributed by atoms with van der Waals surface area (Å²) in [5.74, 6) is -0.285. The molecule has 0 fully saturated rings. The summed E-state index contributed by atoms with van der Waals surface area (Å²) < 4.78 is 7.08. The summed E-state index contributed by atoms with van der Waals surface area (Å²) in [6, 6.07) is 11.7. The first kappa shape index (κ1) is 13.4. The van der Waals surface area contributed by atoms with Crippen molar-refractivity contribution in [2.75, 3.05) is 6.61 Å². The van der Waals surface area contributed by atoms with E-state index in [2.05, 4.69) is 4.98 Å². The maximum absolute atomic E-state index is 11.9. The van der Waals surface area contributed by atoms with Crippen molar-refractivity contribution < 1.29 is 9.53 Å². The number of benzene rings is 1. The molecular weight excluding hydrogens is 264 g/mol. The standard InChI is InChI=1S/C17H16N2O2/c1-3-21-17(20)13-9-11-19(12(13)2)16-8-10-18-15-7-5-4-6-14(15)16/h4-11H,3H2,1-2H3. The van der Waals surface area contributed by atoms with Crippen molar-refractivity contribution in [3.05, 3.63) is 60.0 Å². The lowest BCUT2D eigenvalue weighted by Gasteiger charge is -2.10. The maximum atomic E-state index is 11.9. The van der Waals surface area contributed by atoms with Crippen molar-refractivity contribution in [2.45, 2.75) is 13.8 Å². The monoisotopic (exact) mass is 280 g/mol. The number of ether oxygens (including phenoxy) is 1. The second-order valence-electron chi connectivity index (χ2n) is 4.75. The zero-order valence-corrected chi connectivity index (χ0v) is 12.0. The van der Waals surface area contributed by atoms with E-state index in [1.54, 1.807) is 19.2 Å². The van der Waals surface area contributed by atoms with Gasteiger partial charge >= 0.3 is 5.97 Å². The first-order valence-corrected chi connectivity index (χ1v) is 6.91. The van der Waals surface area contributed by atoms with Crippen LogP contribution in [-0.2, 0) is 4.74 Å². The number of carbonyl (C=O) groups excluding carboxylic acids is 1. The van der Waals surface area contributed by atoms with Gasteiger partial charge in [0.15, 0.2) is 0 Å². The van der Waals surface area contributed by atoms with Crippen LogP contribution in [0.1, 0.15) is 23.0 Å². The minimum absolute atomic E-state index is 0.285. The molecule has 4 nitrogen and oxygen atoms in total. The number of para-hydroxylation sites is 1. The molecule has 0 bridgehead atoms. The zero-order valence-electron chi connectivity index (χ0n) is 12.0. The number of hydrogen-bond acceptors (Lipinski definition) is 3. The Kier molecular flexibility index (Phi) is 3.44. The summed E-state index contributed by atoms with van der Waals surface area (Å²) in [5, 5.41) is 1.05. The predicted molar refractivity (Wildman–Crippen MR) is 81.8 cm³/mol. The molecule has 0 aliphatic heterocycles. The van der Waals surface area contributed by atoms with Gasteiger partial charge in [0.1, 0.15) is 0 Å². The van der Waals surface area contributed by atoms with Crippen LogP contribution in [0.4, 0.5) is 0 Å². The number of rotatable bonds is 3. The Bertz CT molecular complexity index is 800. The van der Waals surface area contributed by atoms with Gasteiger partial charge in [-0.05, 0) is 32.0 Å². The van der Waals surface area contributed by atoms with Gasteiger partial charge < -0.3 is 9.30 Å². The van der Waals surface area contributed by atoms with Gasteiger partial charge in [-0.25, -0.2) is 4.79 Å². The lowest BCUT2D eigenvalue weighted by atomic mass is 10.2. The Hall–Kier alpha value is -2.62. The SMILES string of the molecule is CCOC(=O)c1ccn(-c2ccnc3ccccc23)c1C. The number of fused-ring (bicyclic) bond motifs is 1. The third-order valence-electron chi connectivity index (χ3n) is 3.52. The van der Waals surface area contributed by atoms with Crippen LogP contribution in [0.3, 0.4) is 0 Å². The highest BCUT2D eigenvalue weighted by Gasteiger charge is 2.15. The average molecular weight is 280 g/mol. The fourth-order valence-electron chi connectivity index (χ4n) is 2.49. The van der Waals surface area contributed by atoms with E-state index in [0.29, 0.717) is 12.2 Å². The lowest BCUT2D eigenvalue weighted by molar-refractivity contribution is 0.0525. The number of esters is 1. The van der Waals surface area contributed by atoms with Crippen molar-refractivity contribution >= 4 is 16.9 Å². The molecule has 3 aromatic rings. The fourth-order valence-corrected chi connectivity index (χ4v) is 2.49. The second kappa shape index (κ2) is 5.40. The van der Waals surface area contributed by atoms with Gasteiger partial charge in [0, 0.05) is 23.5 Å². The molecule has 1 aromatic carbocycles. The van der Waals surface area contributed by atoms with Crippen LogP contribution in [0.25, 0.3) is 16.6 Å². The molecule has 0 N–H and O–H groups in total. The van der Waals surface area contributed by atoms with E-state index < -0.39 is 0 Å². The van der Waals surface area contributed by atoms with E-state index in [9.17, 15) is 4.79 Å². The molecule has 3 rings (SSSR count). The summed E-state index contributed by atoms with van der Waals surface area (Å²) >= 11 is 0. The van der Waals surface area contributed by atoms with Gasteiger partial charge in [0.05, 0.1) is 23.4 Å². The van der Waals surface area contributed by atoms with Gasteiger partial charge in [0.2, 0.25) is 0 Å². The third-order valence-corrected chi connectivity index (χ3v) is 3.52. The molecule has 0 saturated carbocycles. The molecule has 0 radical (unpaired) electrons. The van der Waals surface area contributed by atoms with E-state index in [1.807, 2.05) is 48.0 Å². The zero-order chi connectivity index (χ0) is 14.8. The average Bonchev–Trinajstić information content (AvgIpc) is 2.88. The molecule has 106 valence electrons. The topological polar surface area (TPSA) is 44.1 Å². The summed E-state index contributed by atoms with van der Waals surface area (Å²) in [6.45, 7) is 4.10. The molecule has 21 heavy (non-hydrogen) atoms. The Balaban J connectivity index is 2.14. The highest BCUT2D eigenvalue weighted by Crippen LogP contribution is 2.24. The maximum Gasteiger partial charge on any atom is 0.339 e. The molecule has 0 aliphatic carbocycles. The Morgan fingerprint density at radius 2 is 2.05 bits per heavy atom. The van der Waals surface area contributed by atoms with Crippen molar-refractivity contribution in [3.63, 3.8) is 0 Å². The van der Waals surface area contributed by atoms with Crippen molar-refractivity contribution in [3.8, 4) is 5.69 Å². The van der Waals surface area contributed by atoms with Crippen LogP contribution in [-0.4, -0.2) is 22.1 Å². The first-order valence-electron chi connectivity index (χ1n) is 6.91. The highest BCUT2D eigenvalue weighted by atomic mass is 16.5. The number of carbonyl (C=O) groups is 1. The Labute approximate surface area is 123 Å². The van der Waals surface area contributed by atoms with Crippen LogP contribution in [0, 0.1) is 6.92 Å². The Morgan fingerprint density at radius 1 is 1.24 bits per heavy atom. The molecule has 0 saturated heterocycles. The van der Waals surface area contributed by atoms with E-state index in [4.69, 9.17) is 4.74 Å². The molecule has 0 spiro atoms. The Morgan fingerprint density at radius 3 is 2.86 bits per heavy atom. The molecule has 4 heteroatoms. The summed E-state index contributed by atoms with van der Waals surface area (Å²) in [5.41, 5.74) is 3.40. The molecule has 0 aliphatic rings. The molecule has 0 unspecified atom stereocenters. The fraction of sp³-hybridized carbons (Fsp3) is 0.176. The highest BCUT2D eigenvalue weighted by molar-refractivity contribution is 5.92. The summed E-state index contributed by atoms with van der Waals surface area (Å²) in [4.78, 5) is 16.3. The molecule has 2 aromatic heterocycles. The molecule has 0 atom stereocenters. The smallest absolute Gasteiger partial charge is 0.339 e. The quantitative estimate of drug-likeness (QED) is 0.690. The number of nitrogens with zero attached hydrogens (tertiary/aromatic N) is 2. The van der Waals surface area contributed by atoms with E-state index in [0.717, 1.165) is 22.3 Å².